The van der Waals surface area contributed by atoms with Crippen LogP contribution in [0.3, 0.4) is 0 Å². The van der Waals surface area contributed by atoms with Crippen LogP contribution in [0.1, 0.15) is 64.6 Å². The lowest BCUT2D eigenvalue weighted by Gasteiger charge is -2.41. The SMILES string of the molecule is CCCNC(c1c(Br)cnn1CCC)C1(C)CCCCO1. The highest BCUT2D eigenvalue weighted by molar-refractivity contribution is 9.10. The summed E-state index contributed by atoms with van der Waals surface area (Å²) in [6.07, 6.45) is 7.62. The molecule has 2 atom stereocenters. The molecule has 120 valence electrons. The molecule has 1 aromatic heterocycles. The largest absolute Gasteiger partial charge is 0.373 e. The third kappa shape index (κ3) is 3.88. The van der Waals surface area contributed by atoms with Crippen LogP contribution in [-0.4, -0.2) is 28.5 Å². The van der Waals surface area contributed by atoms with E-state index in [0.717, 1.165) is 43.4 Å². The van der Waals surface area contributed by atoms with Crippen LogP contribution >= 0.6 is 15.9 Å². The van der Waals surface area contributed by atoms with Crippen molar-refractivity contribution in [3.63, 3.8) is 0 Å². The molecule has 0 bridgehead atoms. The van der Waals surface area contributed by atoms with Crippen molar-refractivity contribution < 1.29 is 4.74 Å². The van der Waals surface area contributed by atoms with E-state index < -0.39 is 0 Å². The molecule has 21 heavy (non-hydrogen) atoms. The van der Waals surface area contributed by atoms with Crippen LogP contribution < -0.4 is 5.32 Å². The highest BCUT2D eigenvalue weighted by atomic mass is 79.9. The molecule has 0 radical (unpaired) electrons. The quantitative estimate of drug-likeness (QED) is 0.799. The van der Waals surface area contributed by atoms with Gasteiger partial charge < -0.3 is 10.1 Å². The monoisotopic (exact) mass is 357 g/mol. The summed E-state index contributed by atoms with van der Waals surface area (Å²) in [6, 6.07) is 0.182. The molecule has 0 saturated carbocycles. The molecule has 5 heteroatoms. The topological polar surface area (TPSA) is 39.1 Å². The van der Waals surface area contributed by atoms with Crippen molar-refractivity contribution >= 4 is 15.9 Å². The molecule has 1 saturated heterocycles. The van der Waals surface area contributed by atoms with Gasteiger partial charge in [0.25, 0.3) is 0 Å². The van der Waals surface area contributed by atoms with Gasteiger partial charge in [-0.25, -0.2) is 0 Å². The second kappa shape index (κ2) is 7.75. The Kier molecular flexibility index (Phi) is 6.26. The zero-order valence-corrected chi connectivity index (χ0v) is 15.1. The molecular weight excluding hydrogens is 330 g/mol. The van der Waals surface area contributed by atoms with Crippen LogP contribution in [0.4, 0.5) is 0 Å². The van der Waals surface area contributed by atoms with Gasteiger partial charge in [0.1, 0.15) is 0 Å². The number of hydrogen-bond donors (Lipinski definition) is 1. The fraction of sp³-hybridized carbons (Fsp3) is 0.812. The number of hydrogen-bond acceptors (Lipinski definition) is 3. The summed E-state index contributed by atoms with van der Waals surface area (Å²) in [5, 5.41) is 8.24. The molecular formula is C16H28BrN3O. The van der Waals surface area contributed by atoms with Crippen molar-refractivity contribution in [1.29, 1.82) is 0 Å². The van der Waals surface area contributed by atoms with E-state index in [-0.39, 0.29) is 11.6 Å². The third-order valence-corrected chi connectivity index (χ3v) is 4.86. The van der Waals surface area contributed by atoms with E-state index >= 15 is 0 Å². The van der Waals surface area contributed by atoms with Crippen LogP contribution in [0.25, 0.3) is 0 Å². The predicted octanol–water partition coefficient (Wildman–Crippen LogP) is 4.06. The second-order valence-corrected chi connectivity index (χ2v) is 6.96. The summed E-state index contributed by atoms with van der Waals surface area (Å²) in [6.45, 7) is 9.43. The lowest BCUT2D eigenvalue weighted by Crippen LogP contribution is -2.47. The third-order valence-electron chi connectivity index (χ3n) is 4.25. The highest BCUT2D eigenvalue weighted by Gasteiger charge is 2.40. The lowest BCUT2D eigenvalue weighted by atomic mass is 9.86. The fourth-order valence-corrected chi connectivity index (χ4v) is 3.65. The fourth-order valence-electron chi connectivity index (χ4n) is 3.12. The Morgan fingerprint density at radius 1 is 1.43 bits per heavy atom. The molecule has 0 amide bonds. The van der Waals surface area contributed by atoms with Crippen LogP contribution in [0.15, 0.2) is 10.7 Å². The molecule has 0 aliphatic carbocycles. The smallest absolute Gasteiger partial charge is 0.0864 e. The van der Waals surface area contributed by atoms with Crippen LogP contribution in [0.2, 0.25) is 0 Å². The molecule has 1 aliphatic heterocycles. The first kappa shape index (κ1) is 17.0. The van der Waals surface area contributed by atoms with Gasteiger partial charge in [0.15, 0.2) is 0 Å². The zero-order chi connectivity index (χ0) is 15.3. The van der Waals surface area contributed by atoms with Crippen LogP contribution in [0, 0.1) is 0 Å². The number of aryl methyl sites for hydroxylation is 1. The molecule has 2 heterocycles. The Balaban J connectivity index is 2.32. The van der Waals surface area contributed by atoms with Gasteiger partial charge in [-0.15, -0.1) is 0 Å². The molecule has 1 aromatic rings. The summed E-state index contributed by atoms with van der Waals surface area (Å²) in [4.78, 5) is 0. The minimum absolute atomic E-state index is 0.151. The zero-order valence-electron chi connectivity index (χ0n) is 13.5. The molecule has 1 fully saturated rings. The van der Waals surface area contributed by atoms with E-state index in [1.807, 2.05) is 6.20 Å². The van der Waals surface area contributed by atoms with Crippen molar-refractivity contribution in [2.75, 3.05) is 13.2 Å². The second-order valence-electron chi connectivity index (χ2n) is 6.11. The van der Waals surface area contributed by atoms with Gasteiger partial charge in [0, 0.05) is 13.2 Å². The van der Waals surface area contributed by atoms with Crippen molar-refractivity contribution in [3.8, 4) is 0 Å². The molecule has 2 rings (SSSR count). The van der Waals surface area contributed by atoms with Gasteiger partial charge in [0.05, 0.1) is 28.0 Å². The molecule has 0 aromatic carbocycles. The van der Waals surface area contributed by atoms with Crippen molar-refractivity contribution in [2.45, 2.75) is 71.1 Å². The Morgan fingerprint density at radius 2 is 2.24 bits per heavy atom. The lowest BCUT2D eigenvalue weighted by molar-refractivity contribution is -0.0915. The molecule has 1 aliphatic rings. The number of aromatic nitrogens is 2. The maximum Gasteiger partial charge on any atom is 0.0864 e. The molecule has 2 unspecified atom stereocenters. The number of halogens is 1. The Bertz CT molecular complexity index is 441. The molecule has 4 nitrogen and oxygen atoms in total. The van der Waals surface area contributed by atoms with Gasteiger partial charge in [-0.1, -0.05) is 13.8 Å². The summed E-state index contributed by atoms with van der Waals surface area (Å²) in [7, 11) is 0. The number of rotatable bonds is 7. The van der Waals surface area contributed by atoms with Crippen LogP contribution in [-0.2, 0) is 11.3 Å². The van der Waals surface area contributed by atoms with E-state index in [9.17, 15) is 0 Å². The van der Waals surface area contributed by atoms with E-state index in [0.29, 0.717) is 0 Å². The van der Waals surface area contributed by atoms with Crippen molar-refractivity contribution in [2.24, 2.45) is 0 Å². The summed E-state index contributed by atoms with van der Waals surface area (Å²) in [5.74, 6) is 0. The number of nitrogens with zero attached hydrogens (tertiary/aromatic N) is 2. The van der Waals surface area contributed by atoms with E-state index in [2.05, 4.69) is 51.8 Å². The number of ether oxygens (including phenoxy) is 1. The average Bonchev–Trinajstić information content (AvgIpc) is 2.82. The van der Waals surface area contributed by atoms with E-state index in [1.165, 1.54) is 18.5 Å². The normalized spacial score (nSPS) is 24.2. The maximum absolute atomic E-state index is 6.21. The summed E-state index contributed by atoms with van der Waals surface area (Å²) < 4.78 is 9.42. The Labute approximate surface area is 136 Å². The summed E-state index contributed by atoms with van der Waals surface area (Å²) in [5.41, 5.74) is 1.08. The Morgan fingerprint density at radius 3 is 2.86 bits per heavy atom. The van der Waals surface area contributed by atoms with Gasteiger partial charge in [-0.05, 0) is 61.5 Å². The predicted molar refractivity (Wildman–Crippen MR) is 89.5 cm³/mol. The Hall–Kier alpha value is -0.390. The van der Waals surface area contributed by atoms with Gasteiger partial charge in [-0.3, -0.25) is 4.68 Å². The first-order chi connectivity index (χ1) is 10.1. The van der Waals surface area contributed by atoms with Gasteiger partial charge >= 0.3 is 0 Å². The van der Waals surface area contributed by atoms with E-state index in [1.54, 1.807) is 0 Å². The first-order valence-electron chi connectivity index (χ1n) is 8.21. The van der Waals surface area contributed by atoms with Crippen LogP contribution in [0.5, 0.6) is 0 Å². The average molecular weight is 358 g/mol. The maximum atomic E-state index is 6.21. The van der Waals surface area contributed by atoms with E-state index in [4.69, 9.17) is 4.74 Å². The standard InChI is InChI=1S/C16H28BrN3O/c1-4-9-18-15(16(3)8-6-7-11-21-16)14-13(17)12-19-20(14)10-5-2/h12,15,18H,4-11H2,1-3H3. The van der Waals surface area contributed by atoms with Crippen molar-refractivity contribution in [3.05, 3.63) is 16.4 Å². The first-order valence-corrected chi connectivity index (χ1v) is 9.00. The minimum atomic E-state index is -0.151. The summed E-state index contributed by atoms with van der Waals surface area (Å²) >= 11 is 3.69. The molecule has 1 N–H and O–H groups in total. The molecule has 0 spiro atoms. The van der Waals surface area contributed by atoms with Crippen molar-refractivity contribution in [1.82, 2.24) is 15.1 Å². The number of nitrogens with one attached hydrogen (secondary N) is 1. The van der Waals surface area contributed by atoms with Gasteiger partial charge in [-0.2, -0.15) is 5.10 Å². The highest BCUT2D eigenvalue weighted by Crippen LogP contribution is 2.39. The minimum Gasteiger partial charge on any atom is -0.373 e. The van der Waals surface area contributed by atoms with Gasteiger partial charge in [0.2, 0.25) is 0 Å².